The van der Waals surface area contributed by atoms with Crippen LogP contribution in [0.15, 0.2) is 29.2 Å². The van der Waals surface area contributed by atoms with E-state index in [4.69, 9.17) is 0 Å². The smallest absolute Gasteiger partial charge is 0.223 e. The van der Waals surface area contributed by atoms with Crippen molar-refractivity contribution < 1.29 is 18.0 Å². The van der Waals surface area contributed by atoms with Crippen LogP contribution >= 0.6 is 11.8 Å². The van der Waals surface area contributed by atoms with Gasteiger partial charge in [0.25, 0.3) is 0 Å². The van der Waals surface area contributed by atoms with Crippen molar-refractivity contribution >= 4 is 33.5 Å². The van der Waals surface area contributed by atoms with Crippen molar-refractivity contribution in [1.29, 1.82) is 0 Å². The van der Waals surface area contributed by atoms with Gasteiger partial charge in [-0.1, -0.05) is 12.1 Å². The van der Waals surface area contributed by atoms with Crippen LogP contribution in [0.3, 0.4) is 0 Å². The molecule has 6 nitrogen and oxygen atoms in total. The molecule has 0 bridgehead atoms. The van der Waals surface area contributed by atoms with Gasteiger partial charge in [0.05, 0.1) is 6.26 Å². The number of nitrogens with zero attached hydrogens (tertiary/aromatic N) is 1. The molecule has 0 spiro atoms. The lowest BCUT2D eigenvalue weighted by molar-refractivity contribution is -0.132. The van der Waals surface area contributed by atoms with E-state index in [1.807, 2.05) is 18.4 Å². The molecule has 2 rings (SSSR count). The van der Waals surface area contributed by atoms with E-state index in [-0.39, 0.29) is 30.6 Å². The molecule has 1 N–H and O–H groups in total. The molecule has 0 atom stereocenters. The van der Waals surface area contributed by atoms with Gasteiger partial charge in [-0.2, -0.15) is 0 Å². The Labute approximate surface area is 153 Å². The lowest BCUT2D eigenvalue weighted by Gasteiger charge is -2.32. The minimum atomic E-state index is -3.22. The minimum absolute atomic E-state index is 0.0327. The fourth-order valence-corrected chi connectivity index (χ4v) is 4.10. The summed E-state index contributed by atoms with van der Waals surface area (Å²) in [6, 6.07) is 7.27. The average molecular weight is 385 g/mol. The molecular weight excluding hydrogens is 360 g/mol. The van der Waals surface area contributed by atoms with Crippen LogP contribution in [-0.2, 0) is 14.8 Å². The fraction of sp³-hybridized carbons (Fsp3) is 0.529. The zero-order chi connectivity index (χ0) is 18.4. The first-order valence-corrected chi connectivity index (χ1v) is 11.3. The van der Waals surface area contributed by atoms with Crippen LogP contribution < -0.4 is 4.72 Å². The van der Waals surface area contributed by atoms with E-state index < -0.39 is 10.0 Å². The molecule has 138 valence electrons. The van der Waals surface area contributed by atoms with Gasteiger partial charge in [0, 0.05) is 42.4 Å². The Hall–Kier alpha value is -1.38. The molecule has 1 aliphatic rings. The highest BCUT2D eigenvalue weighted by atomic mass is 32.2. The SMILES string of the molecule is CSc1ccc(C(=O)CCC(=O)N2CCC(NS(C)(=O)=O)CC2)cc1. The van der Waals surface area contributed by atoms with E-state index in [1.54, 1.807) is 28.8 Å². The van der Waals surface area contributed by atoms with E-state index >= 15 is 0 Å². The number of thioether (sulfide) groups is 1. The molecule has 1 aromatic carbocycles. The molecule has 1 amide bonds. The number of carbonyl (C=O) groups excluding carboxylic acids is 2. The maximum atomic E-state index is 12.3. The number of ketones is 1. The summed E-state index contributed by atoms with van der Waals surface area (Å²) in [5.74, 6) is -0.0819. The summed E-state index contributed by atoms with van der Waals surface area (Å²) in [7, 11) is -3.22. The van der Waals surface area contributed by atoms with Crippen molar-refractivity contribution in [3.05, 3.63) is 29.8 Å². The molecule has 0 radical (unpaired) electrons. The number of amides is 1. The van der Waals surface area contributed by atoms with Gasteiger partial charge in [0.15, 0.2) is 5.78 Å². The highest BCUT2D eigenvalue weighted by Crippen LogP contribution is 2.17. The molecule has 0 aliphatic carbocycles. The van der Waals surface area contributed by atoms with E-state index in [0.29, 0.717) is 31.5 Å². The number of Topliss-reactive ketones (excluding diaryl/α,β-unsaturated/α-hetero) is 1. The van der Waals surface area contributed by atoms with Crippen LogP contribution in [0.1, 0.15) is 36.0 Å². The Kier molecular flexibility index (Phi) is 7.04. The summed E-state index contributed by atoms with van der Waals surface area (Å²) in [6.45, 7) is 1.03. The number of benzene rings is 1. The zero-order valence-electron chi connectivity index (χ0n) is 14.5. The van der Waals surface area contributed by atoms with Gasteiger partial charge in [0.1, 0.15) is 0 Å². The summed E-state index contributed by atoms with van der Waals surface area (Å²) in [5, 5.41) is 0. The Balaban J connectivity index is 1.77. The van der Waals surface area contributed by atoms with Gasteiger partial charge in [-0.05, 0) is 31.2 Å². The predicted molar refractivity (Wildman–Crippen MR) is 99.4 cm³/mol. The molecule has 8 heteroatoms. The van der Waals surface area contributed by atoms with Crippen molar-refractivity contribution in [3.63, 3.8) is 0 Å². The van der Waals surface area contributed by atoms with Crippen molar-refractivity contribution in [2.75, 3.05) is 25.6 Å². The van der Waals surface area contributed by atoms with Crippen molar-refractivity contribution in [2.45, 2.75) is 36.6 Å². The standard InChI is InChI=1S/C17H24N2O4S2/c1-24-15-5-3-13(4-6-15)16(20)7-8-17(21)19-11-9-14(10-12-19)18-25(2,22)23/h3-6,14,18H,7-12H2,1-2H3. The van der Waals surface area contributed by atoms with Gasteiger partial charge in [-0.15, -0.1) is 11.8 Å². The van der Waals surface area contributed by atoms with Crippen LogP contribution in [0.2, 0.25) is 0 Å². The highest BCUT2D eigenvalue weighted by molar-refractivity contribution is 7.98. The number of carbonyl (C=O) groups is 2. The first-order valence-electron chi connectivity index (χ1n) is 8.21. The van der Waals surface area contributed by atoms with E-state index in [0.717, 1.165) is 11.2 Å². The second-order valence-corrected chi connectivity index (χ2v) is 8.86. The molecule has 1 saturated heterocycles. The van der Waals surface area contributed by atoms with E-state index in [2.05, 4.69) is 4.72 Å². The van der Waals surface area contributed by atoms with Gasteiger partial charge < -0.3 is 4.90 Å². The van der Waals surface area contributed by atoms with Gasteiger partial charge in [0.2, 0.25) is 15.9 Å². The van der Waals surface area contributed by atoms with Crippen molar-refractivity contribution in [1.82, 2.24) is 9.62 Å². The first-order chi connectivity index (χ1) is 11.8. The van der Waals surface area contributed by atoms with Crippen LogP contribution in [0, 0.1) is 0 Å². The van der Waals surface area contributed by atoms with Crippen LogP contribution in [0.4, 0.5) is 0 Å². The second kappa shape index (κ2) is 8.82. The Morgan fingerprint density at radius 2 is 1.76 bits per heavy atom. The molecule has 0 unspecified atom stereocenters. The molecule has 1 heterocycles. The van der Waals surface area contributed by atoms with E-state index in [9.17, 15) is 18.0 Å². The number of hydrogen-bond donors (Lipinski definition) is 1. The summed E-state index contributed by atoms with van der Waals surface area (Å²) in [4.78, 5) is 27.3. The lowest BCUT2D eigenvalue weighted by Crippen LogP contribution is -2.46. The monoisotopic (exact) mass is 384 g/mol. The maximum Gasteiger partial charge on any atom is 0.223 e. The Morgan fingerprint density at radius 3 is 2.28 bits per heavy atom. The molecule has 0 saturated carbocycles. The van der Waals surface area contributed by atoms with Crippen molar-refractivity contribution in [3.8, 4) is 0 Å². The summed E-state index contributed by atoms with van der Waals surface area (Å²) in [5.41, 5.74) is 0.627. The number of hydrogen-bond acceptors (Lipinski definition) is 5. The maximum absolute atomic E-state index is 12.3. The minimum Gasteiger partial charge on any atom is -0.343 e. The highest BCUT2D eigenvalue weighted by Gasteiger charge is 2.24. The first kappa shape index (κ1) is 19.9. The number of sulfonamides is 1. The van der Waals surface area contributed by atoms with E-state index in [1.165, 1.54) is 0 Å². The Morgan fingerprint density at radius 1 is 1.16 bits per heavy atom. The summed E-state index contributed by atoms with van der Waals surface area (Å²) >= 11 is 1.61. The quantitative estimate of drug-likeness (QED) is 0.573. The predicted octanol–water partition coefficient (Wildman–Crippen LogP) is 1.91. The number of rotatable bonds is 7. The van der Waals surface area contributed by atoms with Crippen molar-refractivity contribution in [2.24, 2.45) is 0 Å². The van der Waals surface area contributed by atoms with Crippen LogP contribution in [0.5, 0.6) is 0 Å². The molecular formula is C17H24N2O4S2. The van der Waals surface area contributed by atoms with Crippen LogP contribution in [-0.4, -0.2) is 56.7 Å². The Bertz CT molecular complexity index is 709. The van der Waals surface area contributed by atoms with Gasteiger partial charge in [-0.25, -0.2) is 13.1 Å². The molecule has 0 aromatic heterocycles. The molecule has 1 aliphatic heterocycles. The lowest BCUT2D eigenvalue weighted by atomic mass is 10.0. The third-order valence-electron chi connectivity index (χ3n) is 4.21. The number of likely N-dealkylation sites (tertiary alicyclic amines) is 1. The average Bonchev–Trinajstić information content (AvgIpc) is 2.58. The molecule has 1 aromatic rings. The summed E-state index contributed by atoms with van der Waals surface area (Å²) in [6.07, 6.45) is 4.70. The largest absolute Gasteiger partial charge is 0.343 e. The molecule has 1 fully saturated rings. The second-order valence-electron chi connectivity index (χ2n) is 6.20. The normalized spacial score (nSPS) is 16.0. The topological polar surface area (TPSA) is 83.6 Å². The fourth-order valence-electron chi connectivity index (χ4n) is 2.85. The third kappa shape index (κ3) is 6.45. The third-order valence-corrected chi connectivity index (χ3v) is 5.71. The number of nitrogens with one attached hydrogen (secondary N) is 1. The molecule has 25 heavy (non-hydrogen) atoms. The van der Waals surface area contributed by atoms with Gasteiger partial charge in [-0.3, -0.25) is 9.59 Å². The van der Waals surface area contributed by atoms with Crippen LogP contribution in [0.25, 0.3) is 0 Å². The number of piperidine rings is 1. The summed E-state index contributed by atoms with van der Waals surface area (Å²) < 4.78 is 25.1. The van der Waals surface area contributed by atoms with Gasteiger partial charge >= 0.3 is 0 Å². The zero-order valence-corrected chi connectivity index (χ0v) is 16.2.